The molecule has 3 heteroatoms. The van der Waals surface area contributed by atoms with Crippen LogP contribution in [0.1, 0.15) is 13.3 Å². The number of hydrogen-bond donors (Lipinski definition) is 1. The minimum atomic E-state index is 0.648. The first-order chi connectivity index (χ1) is 6.70. The summed E-state index contributed by atoms with van der Waals surface area (Å²) in [4.78, 5) is 4.65. The molecule has 0 aromatic carbocycles. The van der Waals surface area contributed by atoms with Crippen LogP contribution in [0.2, 0.25) is 0 Å². The van der Waals surface area contributed by atoms with Crippen molar-refractivity contribution in [2.24, 2.45) is 5.73 Å². The molecule has 0 aromatic heterocycles. The zero-order valence-corrected chi connectivity index (χ0v) is 9.87. The molecular formula is C11H25N3. The van der Waals surface area contributed by atoms with Gasteiger partial charge < -0.3 is 10.6 Å². The van der Waals surface area contributed by atoms with Gasteiger partial charge in [0.25, 0.3) is 0 Å². The molecule has 0 aromatic rings. The number of likely N-dealkylation sites (N-methyl/N-ethyl adjacent to an activating group) is 1. The van der Waals surface area contributed by atoms with Gasteiger partial charge in [-0.15, -0.1) is 0 Å². The van der Waals surface area contributed by atoms with Gasteiger partial charge in [0.1, 0.15) is 0 Å². The average molecular weight is 199 g/mol. The summed E-state index contributed by atoms with van der Waals surface area (Å²) in [6.07, 6.45) is 5.41. The van der Waals surface area contributed by atoms with Crippen molar-refractivity contribution in [3.8, 4) is 0 Å². The van der Waals surface area contributed by atoms with Crippen molar-refractivity contribution < 1.29 is 0 Å². The van der Waals surface area contributed by atoms with E-state index in [9.17, 15) is 0 Å². The quantitative estimate of drug-likeness (QED) is 0.586. The molecule has 0 aliphatic heterocycles. The first-order valence-corrected chi connectivity index (χ1v) is 5.42. The van der Waals surface area contributed by atoms with Crippen molar-refractivity contribution in [1.82, 2.24) is 9.80 Å². The van der Waals surface area contributed by atoms with E-state index in [4.69, 9.17) is 5.73 Å². The lowest BCUT2D eigenvalue weighted by atomic mass is 10.3. The predicted octanol–water partition coefficient (Wildman–Crippen LogP) is 0.775. The number of rotatable bonds is 8. The second-order valence-electron chi connectivity index (χ2n) is 3.76. The Morgan fingerprint density at radius 2 is 1.86 bits per heavy atom. The Morgan fingerprint density at radius 1 is 1.14 bits per heavy atom. The third-order valence-electron chi connectivity index (χ3n) is 2.19. The van der Waals surface area contributed by atoms with Crippen LogP contribution in [0.3, 0.4) is 0 Å². The Labute approximate surface area is 88.6 Å². The highest BCUT2D eigenvalue weighted by Crippen LogP contribution is 1.93. The molecule has 3 nitrogen and oxygen atoms in total. The molecule has 0 spiro atoms. The van der Waals surface area contributed by atoms with Crippen molar-refractivity contribution in [3.05, 3.63) is 12.2 Å². The Morgan fingerprint density at radius 3 is 2.36 bits per heavy atom. The smallest absolute Gasteiger partial charge is 0.0163 e. The van der Waals surface area contributed by atoms with Crippen molar-refractivity contribution in [3.63, 3.8) is 0 Å². The van der Waals surface area contributed by atoms with Gasteiger partial charge in [-0.25, -0.2) is 0 Å². The maximum Gasteiger partial charge on any atom is 0.0163 e. The fourth-order valence-electron chi connectivity index (χ4n) is 1.31. The summed E-state index contributed by atoms with van der Waals surface area (Å²) in [5.74, 6) is 0. The molecule has 0 radical (unpaired) electrons. The van der Waals surface area contributed by atoms with Gasteiger partial charge in [0, 0.05) is 13.1 Å². The molecule has 2 N–H and O–H groups in total. The normalized spacial score (nSPS) is 12.1. The molecule has 0 unspecified atom stereocenters. The zero-order valence-electron chi connectivity index (χ0n) is 9.87. The third kappa shape index (κ3) is 8.23. The van der Waals surface area contributed by atoms with Gasteiger partial charge in [-0.1, -0.05) is 19.1 Å². The highest BCUT2D eigenvalue weighted by molar-refractivity contribution is 4.85. The summed E-state index contributed by atoms with van der Waals surface area (Å²) >= 11 is 0. The second kappa shape index (κ2) is 9.19. The van der Waals surface area contributed by atoms with Gasteiger partial charge in [-0.3, -0.25) is 4.90 Å². The van der Waals surface area contributed by atoms with Crippen LogP contribution >= 0.6 is 0 Å². The Kier molecular flexibility index (Phi) is 8.94. The molecule has 0 rings (SSSR count). The maximum absolute atomic E-state index is 5.38. The lowest BCUT2D eigenvalue weighted by Crippen LogP contribution is -2.27. The molecule has 84 valence electrons. The van der Waals surface area contributed by atoms with Crippen LogP contribution < -0.4 is 5.73 Å². The van der Waals surface area contributed by atoms with Crippen molar-refractivity contribution >= 4 is 0 Å². The van der Waals surface area contributed by atoms with Crippen molar-refractivity contribution in [1.29, 1.82) is 0 Å². The van der Waals surface area contributed by atoms with E-state index in [0.717, 1.165) is 19.6 Å². The minimum Gasteiger partial charge on any atom is -0.327 e. The lowest BCUT2D eigenvalue weighted by molar-refractivity contribution is 0.289. The summed E-state index contributed by atoms with van der Waals surface area (Å²) in [6, 6.07) is 0. The summed E-state index contributed by atoms with van der Waals surface area (Å²) in [7, 11) is 4.23. The molecule has 0 aliphatic carbocycles. The molecule has 0 heterocycles. The monoisotopic (exact) mass is 199 g/mol. The van der Waals surface area contributed by atoms with Gasteiger partial charge in [-0.05, 0) is 40.2 Å². The maximum atomic E-state index is 5.38. The SMILES string of the molecule is CCN(C/C=C/CN)CCCN(C)C. The van der Waals surface area contributed by atoms with Crippen molar-refractivity contribution in [2.45, 2.75) is 13.3 Å². The molecular weight excluding hydrogens is 174 g/mol. The number of nitrogens with two attached hydrogens (primary N) is 1. The second-order valence-corrected chi connectivity index (χ2v) is 3.76. The molecule has 0 amide bonds. The average Bonchev–Trinajstić information content (AvgIpc) is 2.15. The lowest BCUT2D eigenvalue weighted by Gasteiger charge is -2.19. The standard InChI is InChI=1S/C11H25N3/c1-4-14(10-6-5-8-12)11-7-9-13(2)3/h5-6H,4,7-12H2,1-3H3/b6-5+. The van der Waals surface area contributed by atoms with Gasteiger partial charge in [0.05, 0.1) is 0 Å². The van der Waals surface area contributed by atoms with Gasteiger partial charge in [0.15, 0.2) is 0 Å². The fourth-order valence-corrected chi connectivity index (χ4v) is 1.31. The van der Waals surface area contributed by atoms with E-state index < -0.39 is 0 Å². The summed E-state index contributed by atoms with van der Waals surface area (Å²) < 4.78 is 0. The number of hydrogen-bond acceptors (Lipinski definition) is 3. The fraction of sp³-hybridized carbons (Fsp3) is 0.818. The topological polar surface area (TPSA) is 32.5 Å². The molecule has 0 saturated carbocycles. The van der Waals surface area contributed by atoms with E-state index in [1.165, 1.54) is 13.0 Å². The Bertz CT molecular complexity index is 143. The zero-order chi connectivity index (χ0) is 10.8. The van der Waals surface area contributed by atoms with Gasteiger partial charge in [0.2, 0.25) is 0 Å². The summed E-state index contributed by atoms with van der Waals surface area (Å²) in [5.41, 5.74) is 5.38. The highest BCUT2D eigenvalue weighted by atomic mass is 15.1. The third-order valence-corrected chi connectivity index (χ3v) is 2.19. The Hall–Kier alpha value is -0.380. The number of nitrogens with zero attached hydrogens (tertiary/aromatic N) is 2. The highest BCUT2D eigenvalue weighted by Gasteiger charge is 1.99. The van der Waals surface area contributed by atoms with E-state index in [0.29, 0.717) is 6.54 Å². The minimum absolute atomic E-state index is 0.648. The molecule has 0 saturated heterocycles. The van der Waals surface area contributed by atoms with E-state index >= 15 is 0 Å². The van der Waals surface area contributed by atoms with Gasteiger partial charge in [-0.2, -0.15) is 0 Å². The van der Waals surface area contributed by atoms with Crippen LogP contribution in [-0.2, 0) is 0 Å². The largest absolute Gasteiger partial charge is 0.327 e. The van der Waals surface area contributed by atoms with E-state index in [2.05, 4.69) is 36.9 Å². The van der Waals surface area contributed by atoms with Crippen LogP contribution in [-0.4, -0.2) is 56.6 Å². The van der Waals surface area contributed by atoms with E-state index in [1.807, 2.05) is 6.08 Å². The van der Waals surface area contributed by atoms with Crippen LogP contribution in [0.5, 0.6) is 0 Å². The summed E-state index contributed by atoms with van der Waals surface area (Å²) in [5, 5.41) is 0. The molecule has 0 aliphatic rings. The predicted molar refractivity (Wildman–Crippen MR) is 63.5 cm³/mol. The first-order valence-electron chi connectivity index (χ1n) is 5.42. The van der Waals surface area contributed by atoms with E-state index in [-0.39, 0.29) is 0 Å². The van der Waals surface area contributed by atoms with Crippen LogP contribution in [0.25, 0.3) is 0 Å². The van der Waals surface area contributed by atoms with Crippen LogP contribution in [0.15, 0.2) is 12.2 Å². The molecule has 14 heavy (non-hydrogen) atoms. The van der Waals surface area contributed by atoms with Crippen molar-refractivity contribution in [2.75, 3.05) is 46.8 Å². The molecule has 0 fully saturated rings. The Balaban J connectivity index is 3.52. The first kappa shape index (κ1) is 13.6. The molecule has 0 atom stereocenters. The van der Waals surface area contributed by atoms with Crippen LogP contribution in [0.4, 0.5) is 0 Å². The van der Waals surface area contributed by atoms with Gasteiger partial charge >= 0.3 is 0 Å². The summed E-state index contributed by atoms with van der Waals surface area (Å²) in [6.45, 7) is 7.32. The van der Waals surface area contributed by atoms with Crippen LogP contribution in [0, 0.1) is 0 Å². The van der Waals surface area contributed by atoms with E-state index in [1.54, 1.807) is 0 Å². The molecule has 0 bridgehead atoms.